The lowest BCUT2D eigenvalue weighted by atomic mass is 10.0. The highest BCUT2D eigenvalue weighted by Crippen LogP contribution is 2.14. The van der Waals surface area contributed by atoms with Gasteiger partial charge in [-0.25, -0.2) is 0 Å². The van der Waals surface area contributed by atoms with E-state index in [2.05, 4.69) is 22.3 Å². The highest BCUT2D eigenvalue weighted by molar-refractivity contribution is 4.75. The lowest BCUT2D eigenvalue weighted by Crippen LogP contribution is -2.38. The number of rotatable bonds is 7. The van der Waals surface area contributed by atoms with Gasteiger partial charge in [0.2, 0.25) is 0 Å². The second-order valence-corrected chi connectivity index (χ2v) is 5.26. The summed E-state index contributed by atoms with van der Waals surface area (Å²) in [7, 11) is 0. The fraction of sp³-hybridized carbons (Fsp3) is 1.00. The molecule has 6 heteroatoms. The Morgan fingerprint density at radius 1 is 1.32 bits per heavy atom. The number of hydrogen-bond acceptors (Lipinski definition) is 3. The summed E-state index contributed by atoms with van der Waals surface area (Å²) < 4.78 is 40.1. The molecule has 1 rings (SSSR count). The minimum absolute atomic E-state index is 0.0992. The molecule has 0 aromatic carbocycles. The maximum absolute atomic E-state index is 11.8. The van der Waals surface area contributed by atoms with Gasteiger partial charge in [-0.15, -0.1) is 0 Å². The summed E-state index contributed by atoms with van der Waals surface area (Å²) in [5, 5.41) is 6.72. The molecule has 1 aliphatic rings. The van der Waals surface area contributed by atoms with Crippen LogP contribution < -0.4 is 10.6 Å². The first-order chi connectivity index (χ1) is 8.97. The van der Waals surface area contributed by atoms with Crippen LogP contribution in [0.25, 0.3) is 0 Å². The second kappa shape index (κ2) is 8.76. The molecular formula is C13H25F3N2O. The van der Waals surface area contributed by atoms with Crippen molar-refractivity contribution >= 4 is 0 Å². The molecule has 1 heterocycles. The first kappa shape index (κ1) is 16.7. The van der Waals surface area contributed by atoms with E-state index in [0.717, 1.165) is 13.0 Å². The van der Waals surface area contributed by atoms with Crippen LogP contribution in [0.15, 0.2) is 0 Å². The Bertz CT molecular complexity index is 228. The first-order valence-corrected chi connectivity index (χ1v) is 7.08. The Labute approximate surface area is 113 Å². The molecule has 2 N–H and O–H groups in total. The summed E-state index contributed by atoms with van der Waals surface area (Å²) >= 11 is 0. The van der Waals surface area contributed by atoms with E-state index < -0.39 is 12.8 Å². The molecule has 0 amide bonds. The lowest BCUT2D eigenvalue weighted by Gasteiger charge is -2.21. The van der Waals surface area contributed by atoms with E-state index in [1.807, 2.05) is 0 Å². The van der Waals surface area contributed by atoms with Gasteiger partial charge in [0.25, 0.3) is 0 Å². The third-order valence-corrected chi connectivity index (χ3v) is 3.31. The van der Waals surface area contributed by atoms with Gasteiger partial charge in [-0.05, 0) is 32.7 Å². The fourth-order valence-electron chi connectivity index (χ4n) is 2.38. The second-order valence-electron chi connectivity index (χ2n) is 5.26. The molecule has 1 fully saturated rings. The Hall–Kier alpha value is -0.330. The topological polar surface area (TPSA) is 33.3 Å². The summed E-state index contributed by atoms with van der Waals surface area (Å²) in [6.07, 6.45) is 1.77. The Morgan fingerprint density at radius 3 is 2.84 bits per heavy atom. The van der Waals surface area contributed by atoms with Crippen LogP contribution in [-0.4, -0.2) is 44.6 Å². The molecule has 114 valence electrons. The summed E-state index contributed by atoms with van der Waals surface area (Å²) in [6, 6.07) is 0.825. The van der Waals surface area contributed by atoms with Crippen LogP contribution in [0.2, 0.25) is 0 Å². The van der Waals surface area contributed by atoms with Crippen molar-refractivity contribution in [2.24, 2.45) is 0 Å². The predicted molar refractivity (Wildman–Crippen MR) is 69.2 cm³/mol. The number of alkyl halides is 3. The fourth-order valence-corrected chi connectivity index (χ4v) is 2.38. The molecule has 2 atom stereocenters. The van der Waals surface area contributed by atoms with Gasteiger partial charge in [0, 0.05) is 18.6 Å². The van der Waals surface area contributed by atoms with Crippen LogP contribution in [0.5, 0.6) is 0 Å². The number of nitrogens with one attached hydrogen (secondary N) is 2. The SMILES string of the molecule is CC(CC1CCCCCN1)NCCOCC(F)(F)F. The van der Waals surface area contributed by atoms with Crippen molar-refractivity contribution < 1.29 is 17.9 Å². The molecular weight excluding hydrogens is 257 g/mol. The van der Waals surface area contributed by atoms with Gasteiger partial charge in [-0.2, -0.15) is 13.2 Å². The zero-order valence-electron chi connectivity index (χ0n) is 11.6. The van der Waals surface area contributed by atoms with E-state index in [4.69, 9.17) is 0 Å². The highest BCUT2D eigenvalue weighted by Gasteiger charge is 2.27. The molecule has 0 radical (unpaired) electrons. The molecule has 0 aromatic rings. The van der Waals surface area contributed by atoms with Gasteiger partial charge in [0.15, 0.2) is 0 Å². The average Bonchev–Trinajstić information content (AvgIpc) is 2.55. The quantitative estimate of drug-likeness (QED) is 0.704. The van der Waals surface area contributed by atoms with Crippen molar-refractivity contribution in [2.45, 2.75) is 57.3 Å². The number of halogens is 3. The minimum Gasteiger partial charge on any atom is -0.371 e. The van der Waals surface area contributed by atoms with Crippen LogP contribution in [-0.2, 0) is 4.74 Å². The monoisotopic (exact) mass is 282 g/mol. The number of ether oxygens (including phenoxy) is 1. The smallest absolute Gasteiger partial charge is 0.371 e. The minimum atomic E-state index is -4.23. The van der Waals surface area contributed by atoms with Crippen molar-refractivity contribution in [2.75, 3.05) is 26.3 Å². The maximum Gasteiger partial charge on any atom is 0.411 e. The average molecular weight is 282 g/mol. The summed E-state index contributed by atoms with van der Waals surface area (Å²) in [5.41, 5.74) is 0. The zero-order chi connectivity index (χ0) is 14.1. The Balaban J connectivity index is 2.02. The van der Waals surface area contributed by atoms with Gasteiger partial charge >= 0.3 is 6.18 Å². The molecule has 0 spiro atoms. The molecule has 19 heavy (non-hydrogen) atoms. The summed E-state index contributed by atoms with van der Waals surface area (Å²) in [5.74, 6) is 0. The molecule has 0 saturated carbocycles. The van der Waals surface area contributed by atoms with Crippen molar-refractivity contribution in [1.29, 1.82) is 0 Å². The molecule has 2 unspecified atom stereocenters. The van der Waals surface area contributed by atoms with Gasteiger partial charge in [-0.1, -0.05) is 12.8 Å². The highest BCUT2D eigenvalue weighted by atomic mass is 19.4. The van der Waals surface area contributed by atoms with E-state index >= 15 is 0 Å². The van der Waals surface area contributed by atoms with Crippen LogP contribution in [0.4, 0.5) is 13.2 Å². The zero-order valence-corrected chi connectivity index (χ0v) is 11.6. The van der Waals surface area contributed by atoms with Crippen LogP contribution >= 0.6 is 0 Å². The summed E-state index contributed by atoms with van der Waals surface area (Å²) in [6.45, 7) is 2.54. The van der Waals surface area contributed by atoms with Gasteiger partial charge in [-0.3, -0.25) is 0 Å². The number of hydrogen-bond donors (Lipinski definition) is 2. The van der Waals surface area contributed by atoms with Crippen LogP contribution in [0, 0.1) is 0 Å². The predicted octanol–water partition coefficient (Wildman–Crippen LogP) is 2.47. The molecule has 0 bridgehead atoms. The van der Waals surface area contributed by atoms with Crippen molar-refractivity contribution in [3.05, 3.63) is 0 Å². The van der Waals surface area contributed by atoms with E-state index in [0.29, 0.717) is 18.6 Å². The van der Waals surface area contributed by atoms with Gasteiger partial charge < -0.3 is 15.4 Å². The Morgan fingerprint density at radius 2 is 2.11 bits per heavy atom. The molecule has 3 nitrogen and oxygen atoms in total. The normalized spacial score (nSPS) is 23.1. The van der Waals surface area contributed by atoms with Gasteiger partial charge in [0.05, 0.1) is 6.61 Å². The van der Waals surface area contributed by atoms with E-state index in [-0.39, 0.29) is 6.61 Å². The summed E-state index contributed by atoms with van der Waals surface area (Å²) in [4.78, 5) is 0. The molecule has 0 aliphatic carbocycles. The largest absolute Gasteiger partial charge is 0.411 e. The molecule has 1 saturated heterocycles. The van der Waals surface area contributed by atoms with Crippen LogP contribution in [0.1, 0.15) is 39.0 Å². The third-order valence-electron chi connectivity index (χ3n) is 3.31. The van der Waals surface area contributed by atoms with Crippen molar-refractivity contribution in [3.63, 3.8) is 0 Å². The molecule has 1 aliphatic heterocycles. The first-order valence-electron chi connectivity index (χ1n) is 7.08. The van der Waals surface area contributed by atoms with Crippen molar-refractivity contribution in [1.82, 2.24) is 10.6 Å². The van der Waals surface area contributed by atoms with Crippen LogP contribution in [0.3, 0.4) is 0 Å². The third kappa shape index (κ3) is 9.24. The standard InChI is InChI=1S/C13H25F3N2O/c1-11(9-12-5-3-2-4-6-18-12)17-7-8-19-10-13(14,15)16/h11-12,17-18H,2-10H2,1H3. The molecule has 0 aromatic heterocycles. The Kier molecular flexibility index (Phi) is 7.71. The lowest BCUT2D eigenvalue weighted by molar-refractivity contribution is -0.173. The van der Waals surface area contributed by atoms with Gasteiger partial charge in [0.1, 0.15) is 6.61 Å². The van der Waals surface area contributed by atoms with E-state index in [9.17, 15) is 13.2 Å². The maximum atomic E-state index is 11.8. The van der Waals surface area contributed by atoms with Crippen molar-refractivity contribution in [3.8, 4) is 0 Å². The van der Waals surface area contributed by atoms with E-state index in [1.54, 1.807) is 0 Å². The van der Waals surface area contributed by atoms with E-state index in [1.165, 1.54) is 25.7 Å².